The Morgan fingerprint density at radius 3 is 2.86 bits per heavy atom. The van der Waals surface area contributed by atoms with E-state index in [9.17, 15) is 0 Å². The van der Waals surface area contributed by atoms with Gasteiger partial charge in [-0.15, -0.1) is 5.10 Å². The summed E-state index contributed by atoms with van der Waals surface area (Å²) in [6.45, 7) is 4.77. The summed E-state index contributed by atoms with van der Waals surface area (Å²) in [5.41, 5.74) is 0.818. The highest BCUT2D eigenvalue weighted by atomic mass is 16.5. The third-order valence-corrected chi connectivity index (χ3v) is 2.99. The van der Waals surface area contributed by atoms with Crippen LogP contribution in [0.1, 0.15) is 19.2 Å². The quantitative estimate of drug-likeness (QED) is 0.872. The van der Waals surface area contributed by atoms with Crippen molar-refractivity contribution in [2.75, 3.05) is 25.1 Å². The summed E-state index contributed by atoms with van der Waals surface area (Å²) < 4.78 is 16.7. The second-order valence-electron chi connectivity index (χ2n) is 4.62. The van der Waals surface area contributed by atoms with Gasteiger partial charge in [-0.05, 0) is 18.7 Å². The molecule has 0 spiro atoms. The summed E-state index contributed by atoms with van der Waals surface area (Å²) in [4.78, 5) is 0. The summed E-state index contributed by atoms with van der Waals surface area (Å²) in [5, 5.41) is 14.1. The molecule has 112 valence electrons. The third-order valence-electron chi connectivity index (χ3n) is 2.99. The van der Waals surface area contributed by atoms with E-state index in [-0.39, 0.29) is 0 Å². The number of anilines is 2. The van der Waals surface area contributed by atoms with Gasteiger partial charge in [0.2, 0.25) is 5.89 Å². The first-order chi connectivity index (χ1) is 10.3. The van der Waals surface area contributed by atoms with Gasteiger partial charge in [0.15, 0.2) is 11.5 Å². The van der Waals surface area contributed by atoms with Gasteiger partial charge in [-0.3, -0.25) is 0 Å². The first kappa shape index (κ1) is 13.7. The van der Waals surface area contributed by atoms with Crippen molar-refractivity contribution in [3.63, 3.8) is 0 Å². The highest BCUT2D eigenvalue weighted by molar-refractivity contribution is 5.59. The Labute approximate surface area is 122 Å². The standard InChI is InChI=1S/C14H18N4O3/c1-2-15-9-13-17-18-14(21-13)16-10-4-5-11-12(8-10)20-7-3-6-19-11/h4-5,8,15H,2-3,6-7,9H2,1H3,(H,16,18). The topological polar surface area (TPSA) is 81.4 Å². The number of rotatable bonds is 5. The molecule has 0 bridgehead atoms. The molecule has 2 heterocycles. The summed E-state index contributed by atoms with van der Waals surface area (Å²) >= 11 is 0. The van der Waals surface area contributed by atoms with Gasteiger partial charge in [-0.25, -0.2) is 0 Å². The molecule has 0 aliphatic carbocycles. The van der Waals surface area contributed by atoms with E-state index in [0.717, 1.165) is 30.2 Å². The van der Waals surface area contributed by atoms with Crippen LogP contribution < -0.4 is 20.1 Å². The molecular formula is C14H18N4O3. The average molecular weight is 290 g/mol. The molecule has 0 saturated heterocycles. The Balaban J connectivity index is 1.70. The van der Waals surface area contributed by atoms with Crippen LogP contribution >= 0.6 is 0 Å². The van der Waals surface area contributed by atoms with Crippen LogP contribution in [0, 0.1) is 0 Å². The molecular weight excluding hydrogens is 272 g/mol. The Morgan fingerprint density at radius 1 is 1.14 bits per heavy atom. The molecule has 1 aliphatic heterocycles. The van der Waals surface area contributed by atoms with Crippen molar-refractivity contribution in [1.29, 1.82) is 0 Å². The fourth-order valence-electron chi connectivity index (χ4n) is 1.97. The van der Waals surface area contributed by atoms with Crippen LogP contribution in [0.25, 0.3) is 0 Å². The van der Waals surface area contributed by atoms with Crippen LogP contribution in [-0.4, -0.2) is 30.0 Å². The van der Waals surface area contributed by atoms with Gasteiger partial charge < -0.3 is 24.5 Å². The SMILES string of the molecule is CCNCc1nnc(Nc2ccc3c(c2)OCCCO3)o1. The molecule has 0 amide bonds. The summed E-state index contributed by atoms with van der Waals surface area (Å²) in [5.74, 6) is 2.04. The number of nitrogens with one attached hydrogen (secondary N) is 2. The van der Waals surface area contributed by atoms with Crippen molar-refractivity contribution < 1.29 is 13.9 Å². The van der Waals surface area contributed by atoms with Gasteiger partial charge in [0.25, 0.3) is 0 Å². The molecule has 1 aromatic carbocycles. The molecule has 2 N–H and O–H groups in total. The molecule has 2 aromatic rings. The molecule has 7 nitrogen and oxygen atoms in total. The van der Waals surface area contributed by atoms with E-state index in [1.165, 1.54) is 0 Å². The first-order valence-electron chi connectivity index (χ1n) is 7.05. The van der Waals surface area contributed by atoms with Gasteiger partial charge >= 0.3 is 6.01 Å². The van der Waals surface area contributed by atoms with Crippen molar-refractivity contribution in [3.05, 3.63) is 24.1 Å². The van der Waals surface area contributed by atoms with Crippen molar-refractivity contribution in [1.82, 2.24) is 15.5 Å². The maximum absolute atomic E-state index is 5.64. The second kappa shape index (κ2) is 6.45. The lowest BCUT2D eigenvalue weighted by molar-refractivity contribution is 0.297. The molecule has 0 saturated carbocycles. The Hall–Kier alpha value is -2.28. The van der Waals surface area contributed by atoms with E-state index in [2.05, 4.69) is 20.8 Å². The normalized spacial score (nSPS) is 13.8. The minimum absolute atomic E-state index is 0.359. The van der Waals surface area contributed by atoms with Gasteiger partial charge in [-0.2, -0.15) is 0 Å². The highest BCUT2D eigenvalue weighted by Crippen LogP contribution is 2.33. The van der Waals surface area contributed by atoms with Crippen molar-refractivity contribution in [2.24, 2.45) is 0 Å². The Morgan fingerprint density at radius 2 is 2.00 bits per heavy atom. The second-order valence-corrected chi connectivity index (χ2v) is 4.62. The number of hydrogen-bond donors (Lipinski definition) is 2. The van der Waals surface area contributed by atoms with Crippen molar-refractivity contribution in [2.45, 2.75) is 19.9 Å². The highest BCUT2D eigenvalue weighted by Gasteiger charge is 2.12. The molecule has 0 atom stereocenters. The van der Waals surface area contributed by atoms with E-state index in [0.29, 0.717) is 31.7 Å². The summed E-state index contributed by atoms with van der Waals surface area (Å²) in [6.07, 6.45) is 0.884. The largest absolute Gasteiger partial charge is 0.490 e. The van der Waals surface area contributed by atoms with E-state index in [1.54, 1.807) is 0 Å². The zero-order valence-corrected chi connectivity index (χ0v) is 11.9. The number of hydrogen-bond acceptors (Lipinski definition) is 7. The Bertz CT molecular complexity index is 600. The minimum atomic E-state index is 0.359. The van der Waals surface area contributed by atoms with Gasteiger partial charge in [-0.1, -0.05) is 12.0 Å². The molecule has 3 rings (SSSR count). The predicted molar refractivity (Wildman–Crippen MR) is 77.0 cm³/mol. The van der Waals surface area contributed by atoms with Crippen LogP contribution in [0.4, 0.5) is 11.7 Å². The molecule has 0 radical (unpaired) electrons. The lowest BCUT2D eigenvalue weighted by Crippen LogP contribution is -2.11. The van der Waals surface area contributed by atoms with Crippen molar-refractivity contribution >= 4 is 11.7 Å². The monoisotopic (exact) mass is 290 g/mol. The molecule has 1 aromatic heterocycles. The summed E-state index contributed by atoms with van der Waals surface area (Å²) in [7, 11) is 0. The number of nitrogens with zero attached hydrogens (tertiary/aromatic N) is 2. The zero-order chi connectivity index (χ0) is 14.5. The lowest BCUT2D eigenvalue weighted by atomic mass is 10.3. The van der Waals surface area contributed by atoms with Crippen LogP contribution in [0.5, 0.6) is 11.5 Å². The fourth-order valence-corrected chi connectivity index (χ4v) is 1.97. The van der Waals surface area contributed by atoms with Crippen molar-refractivity contribution in [3.8, 4) is 11.5 Å². The maximum atomic E-state index is 5.64. The van der Waals surface area contributed by atoms with Crippen LogP contribution in [-0.2, 0) is 6.54 Å². The molecule has 21 heavy (non-hydrogen) atoms. The maximum Gasteiger partial charge on any atom is 0.320 e. The van der Waals surface area contributed by atoms with Crippen LogP contribution in [0.15, 0.2) is 22.6 Å². The van der Waals surface area contributed by atoms with E-state index in [4.69, 9.17) is 13.9 Å². The Kier molecular flexibility index (Phi) is 4.20. The number of ether oxygens (including phenoxy) is 2. The molecule has 0 fully saturated rings. The average Bonchev–Trinajstić information content (AvgIpc) is 2.80. The first-order valence-corrected chi connectivity index (χ1v) is 7.05. The predicted octanol–water partition coefficient (Wildman–Crippen LogP) is 2.08. The minimum Gasteiger partial charge on any atom is -0.490 e. The number of aromatic nitrogens is 2. The molecule has 7 heteroatoms. The zero-order valence-electron chi connectivity index (χ0n) is 11.9. The smallest absolute Gasteiger partial charge is 0.320 e. The van der Waals surface area contributed by atoms with Gasteiger partial charge in [0, 0.05) is 18.2 Å². The summed E-state index contributed by atoms with van der Waals surface area (Å²) in [6, 6.07) is 5.99. The van der Waals surface area contributed by atoms with Gasteiger partial charge in [0.1, 0.15) is 0 Å². The van der Waals surface area contributed by atoms with E-state index in [1.807, 2.05) is 25.1 Å². The van der Waals surface area contributed by atoms with E-state index >= 15 is 0 Å². The van der Waals surface area contributed by atoms with Crippen LogP contribution in [0.3, 0.4) is 0 Å². The number of fused-ring (bicyclic) bond motifs is 1. The van der Waals surface area contributed by atoms with E-state index < -0.39 is 0 Å². The lowest BCUT2D eigenvalue weighted by Gasteiger charge is -2.09. The molecule has 1 aliphatic rings. The fraction of sp³-hybridized carbons (Fsp3) is 0.429. The van der Waals surface area contributed by atoms with Crippen LogP contribution in [0.2, 0.25) is 0 Å². The number of benzene rings is 1. The van der Waals surface area contributed by atoms with Gasteiger partial charge in [0.05, 0.1) is 19.8 Å². The third kappa shape index (κ3) is 3.43. The molecule has 0 unspecified atom stereocenters.